The van der Waals surface area contributed by atoms with Gasteiger partial charge in [-0.3, -0.25) is 4.79 Å². The van der Waals surface area contributed by atoms with Crippen molar-refractivity contribution in [2.24, 2.45) is 0 Å². The normalized spacial score (nSPS) is 12.2. The van der Waals surface area contributed by atoms with Crippen LogP contribution in [0.5, 0.6) is 0 Å². The van der Waals surface area contributed by atoms with Crippen LogP contribution in [0.2, 0.25) is 0 Å². The summed E-state index contributed by atoms with van der Waals surface area (Å²) in [5, 5.41) is 4.92. The highest BCUT2D eigenvalue weighted by Crippen LogP contribution is 2.23. The SMILES string of the molecule is CC(C)c1ccccc1NC(=O)C[NH2+][C@H](C)c1ccc(F)cc1. The van der Waals surface area contributed by atoms with E-state index in [1.54, 1.807) is 12.1 Å². The predicted octanol–water partition coefficient (Wildman–Crippen LogP) is 3.21. The molecule has 2 rings (SSSR count). The van der Waals surface area contributed by atoms with Crippen LogP contribution < -0.4 is 10.6 Å². The lowest BCUT2D eigenvalue weighted by molar-refractivity contribution is -0.682. The molecule has 0 saturated carbocycles. The van der Waals surface area contributed by atoms with Gasteiger partial charge < -0.3 is 10.6 Å². The van der Waals surface area contributed by atoms with Crippen molar-refractivity contribution in [1.29, 1.82) is 0 Å². The van der Waals surface area contributed by atoms with Crippen LogP contribution in [0.25, 0.3) is 0 Å². The van der Waals surface area contributed by atoms with Gasteiger partial charge in [-0.05, 0) is 36.6 Å². The first kappa shape index (κ1) is 17.2. The van der Waals surface area contributed by atoms with Crippen molar-refractivity contribution in [3.05, 3.63) is 65.5 Å². The number of carbonyl (C=O) groups is 1. The largest absolute Gasteiger partial charge is 0.333 e. The minimum atomic E-state index is -0.246. The molecule has 0 radical (unpaired) electrons. The third-order valence-electron chi connectivity index (χ3n) is 3.91. The number of nitrogens with two attached hydrogens (primary N) is 1. The zero-order chi connectivity index (χ0) is 16.8. The molecule has 0 fully saturated rings. The highest BCUT2D eigenvalue weighted by Gasteiger charge is 2.13. The molecule has 1 amide bonds. The van der Waals surface area contributed by atoms with E-state index in [2.05, 4.69) is 19.2 Å². The van der Waals surface area contributed by atoms with E-state index in [0.29, 0.717) is 12.5 Å². The molecule has 0 aliphatic rings. The maximum atomic E-state index is 12.9. The van der Waals surface area contributed by atoms with Crippen LogP contribution in [0.1, 0.15) is 43.9 Å². The van der Waals surface area contributed by atoms with Gasteiger partial charge in [-0.15, -0.1) is 0 Å². The fraction of sp³-hybridized carbons (Fsp3) is 0.316. The van der Waals surface area contributed by atoms with Crippen molar-refractivity contribution < 1.29 is 14.5 Å². The maximum Gasteiger partial charge on any atom is 0.279 e. The summed E-state index contributed by atoms with van der Waals surface area (Å²) >= 11 is 0. The summed E-state index contributed by atoms with van der Waals surface area (Å²) in [7, 11) is 0. The van der Waals surface area contributed by atoms with Crippen LogP contribution in [-0.4, -0.2) is 12.5 Å². The number of para-hydroxylation sites is 1. The number of benzene rings is 2. The summed E-state index contributed by atoms with van der Waals surface area (Å²) in [6.45, 7) is 6.54. The molecule has 122 valence electrons. The first-order valence-electron chi connectivity index (χ1n) is 7.95. The molecule has 0 unspecified atom stereocenters. The van der Waals surface area contributed by atoms with Crippen molar-refractivity contribution in [3.63, 3.8) is 0 Å². The Balaban J connectivity index is 1.91. The van der Waals surface area contributed by atoms with Crippen LogP contribution >= 0.6 is 0 Å². The molecule has 0 bridgehead atoms. The van der Waals surface area contributed by atoms with E-state index in [9.17, 15) is 9.18 Å². The Morgan fingerprint density at radius 1 is 1.09 bits per heavy atom. The summed E-state index contributed by atoms with van der Waals surface area (Å²) in [5.41, 5.74) is 3.00. The van der Waals surface area contributed by atoms with E-state index in [0.717, 1.165) is 16.8 Å². The van der Waals surface area contributed by atoms with Gasteiger partial charge in [0.05, 0.1) is 0 Å². The van der Waals surface area contributed by atoms with Crippen LogP contribution in [0.3, 0.4) is 0 Å². The monoisotopic (exact) mass is 315 g/mol. The lowest BCUT2D eigenvalue weighted by atomic mass is 10.0. The fourth-order valence-electron chi connectivity index (χ4n) is 2.50. The van der Waals surface area contributed by atoms with E-state index >= 15 is 0 Å². The highest BCUT2D eigenvalue weighted by molar-refractivity contribution is 5.92. The molecule has 2 aromatic rings. The number of hydrogen-bond acceptors (Lipinski definition) is 1. The molecule has 0 aliphatic carbocycles. The number of carbonyl (C=O) groups excluding carboxylic acids is 1. The Kier molecular flexibility index (Phi) is 5.88. The average molecular weight is 315 g/mol. The molecule has 0 aliphatic heterocycles. The summed E-state index contributed by atoms with van der Waals surface area (Å²) in [5.74, 6) is 0.0738. The van der Waals surface area contributed by atoms with Gasteiger partial charge >= 0.3 is 0 Å². The first-order chi connectivity index (χ1) is 11.0. The second-order valence-corrected chi connectivity index (χ2v) is 6.07. The Labute approximate surface area is 136 Å². The third-order valence-corrected chi connectivity index (χ3v) is 3.91. The molecule has 0 spiro atoms. The predicted molar refractivity (Wildman–Crippen MR) is 90.8 cm³/mol. The van der Waals surface area contributed by atoms with Crippen LogP contribution in [0.4, 0.5) is 10.1 Å². The molecule has 23 heavy (non-hydrogen) atoms. The Bertz CT molecular complexity index is 653. The molecule has 0 heterocycles. The van der Waals surface area contributed by atoms with E-state index in [4.69, 9.17) is 0 Å². The van der Waals surface area contributed by atoms with E-state index in [-0.39, 0.29) is 17.8 Å². The van der Waals surface area contributed by atoms with Crippen molar-refractivity contribution in [3.8, 4) is 0 Å². The quantitative estimate of drug-likeness (QED) is 0.845. The minimum absolute atomic E-state index is 0.0351. The fourth-order valence-corrected chi connectivity index (χ4v) is 2.50. The Hall–Kier alpha value is -2.20. The Morgan fingerprint density at radius 2 is 1.74 bits per heavy atom. The van der Waals surface area contributed by atoms with Crippen molar-refractivity contribution in [1.82, 2.24) is 0 Å². The summed E-state index contributed by atoms with van der Waals surface area (Å²) in [6, 6.07) is 14.4. The van der Waals surface area contributed by atoms with Crippen molar-refractivity contribution >= 4 is 11.6 Å². The summed E-state index contributed by atoms with van der Waals surface area (Å²) in [6.07, 6.45) is 0. The standard InChI is InChI=1S/C19H23FN2O/c1-13(2)17-6-4-5-7-18(17)22-19(23)12-21-14(3)15-8-10-16(20)11-9-15/h4-11,13-14,21H,12H2,1-3H3,(H,22,23)/p+1/t14-/m1/s1. The van der Waals surface area contributed by atoms with Crippen LogP contribution in [-0.2, 0) is 4.79 Å². The van der Waals surface area contributed by atoms with Gasteiger partial charge in [0, 0.05) is 11.3 Å². The number of amides is 1. The first-order valence-corrected chi connectivity index (χ1v) is 7.95. The lowest BCUT2D eigenvalue weighted by Crippen LogP contribution is -2.86. The van der Waals surface area contributed by atoms with Gasteiger partial charge in [-0.2, -0.15) is 0 Å². The number of anilines is 1. The molecule has 0 aromatic heterocycles. The zero-order valence-electron chi connectivity index (χ0n) is 13.8. The summed E-state index contributed by atoms with van der Waals surface area (Å²) < 4.78 is 12.9. The second-order valence-electron chi connectivity index (χ2n) is 6.07. The molecular weight excluding hydrogens is 291 g/mol. The second kappa shape index (κ2) is 7.88. The molecule has 3 N–H and O–H groups in total. The number of quaternary nitrogens is 1. The number of rotatable bonds is 6. The molecule has 1 atom stereocenters. The maximum absolute atomic E-state index is 12.9. The van der Waals surface area contributed by atoms with Crippen LogP contribution in [0, 0.1) is 5.82 Å². The van der Waals surface area contributed by atoms with Gasteiger partial charge in [0.1, 0.15) is 11.9 Å². The average Bonchev–Trinajstić information content (AvgIpc) is 2.53. The van der Waals surface area contributed by atoms with Gasteiger partial charge in [-0.1, -0.05) is 44.2 Å². The van der Waals surface area contributed by atoms with Crippen molar-refractivity contribution in [2.75, 3.05) is 11.9 Å². The van der Waals surface area contributed by atoms with E-state index < -0.39 is 0 Å². The number of hydrogen-bond donors (Lipinski definition) is 2. The number of halogens is 1. The van der Waals surface area contributed by atoms with E-state index in [1.807, 2.05) is 36.5 Å². The van der Waals surface area contributed by atoms with Gasteiger partial charge in [0.2, 0.25) is 0 Å². The molecule has 4 heteroatoms. The number of nitrogens with one attached hydrogen (secondary N) is 1. The third kappa shape index (κ3) is 4.89. The van der Waals surface area contributed by atoms with Gasteiger partial charge in [0.25, 0.3) is 5.91 Å². The van der Waals surface area contributed by atoms with Gasteiger partial charge in [0.15, 0.2) is 6.54 Å². The smallest absolute Gasteiger partial charge is 0.279 e. The molecule has 0 saturated heterocycles. The minimum Gasteiger partial charge on any atom is -0.333 e. The lowest BCUT2D eigenvalue weighted by Gasteiger charge is -2.14. The highest BCUT2D eigenvalue weighted by atomic mass is 19.1. The van der Waals surface area contributed by atoms with Crippen LogP contribution in [0.15, 0.2) is 48.5 Å². The summed E-state index contributed by atoms with van der Waals surface area (Å²) in [4.78, 5) is 12.2. The Morgan fingerprint density at radius 3 is 2.39 bits per heavy atom. The molecular formula is C19H24FN2O+. The van der Waals surface area contributed by atoms with E-state index in [1.165, 1.54) is 12.1 Å². The molecule has 2 aromatic carbocycles. The topological polar surface area (TPSA) is 45.7 Å². The molecule has 3 nitrogen and oxygen atoms in total. The van der Waals surface area contributed by atoms with Crippen molar-refractivity contribution in [2.45, 2.75) is 32.7 Å². The zero-order valence-corrected chi connectivity index (χ0v) is 13.8. The van der Waals surface area contributed by atoms with Gasteiger partial charge in [-0.25, -0.2) is 4.39 Å².